The minimum absolute atomic E-state index is 0.205. The van der Waals surface area contributed by atoms with Crippen LogP contribution in [0.25, 0.3) is 16.6 Å². The van der Waals surface area contributed by atoms with Gasteiger partial charge in [-0.3, -0.25) is 14.2 Å². The molecule has 9 heteroatoms. The zero-order valence-electron chi connectivity index (χ0n) is 18.3. The lowest BCUT2D eigenvalue weighted by molar-refractivity contribution is 0.0937. The van der Waals surface area contributed by atoms with Gasteiger partial charge in [0.05, 0.1) is 23.2 Å². The Labute approximate surface area is 198 Å². The number of fused-ring (bicyclic) bond motifs is 1. The van der Waals surface area contributed by atoms with Crippen molar-refractivity contribution >= 4 is 28.6 Å². The summed E-state index contributed by atoms with van der Waals surface area (Å²) >= 11 is 1.15. The van der Waals surface area contributed by atoms with E-state index in [1.54, 1.807) is 24.3 Å². The van der Waals surface area contributed by atoms with Crippen LogP contribution in [0, 0.1) is 11.6 Å². The third-order valence-electron chi connectivity index (χ3n) is 5.07. The molecular weight excluding hydrogens is 460 g/mol. The Morgan fingerprint density at radius 3 is 2.68 bits per heavy atom. The SMILES string of the molecule is COCCNC(=O)c1ccc2c(=O)n(-c3cccc(F)c3)c(SCc3ccccc3F)nc2c1. The number of carbonyl (C=O) groups is 1. The van der Waals surface area contributed by atoms with E-state index in [9.17, 15) is 18.4 Å². The minimum Gasteiger partial charge on any atom is -0.383 e. The second kappa shape index (κ2) is 10.6. The molecule has 1 heterocycles. The van der Waals surface area contributed by atoms with E-state index in [2.05, 4.69) is 10.3 Å². The quantitative estimate of drug-likeness (QED) is 0.230. The highest BCUT2D eigenvalue weighted by atomic mass is 32.2. The summed E-state index contributed by atoms with van der Waals surface area (Å²) < 4.78 is 34.4. The van der Waals surface area contributed by atoms with Crippen LogP contribution in [0.5, 0.6) is 0 Å². The largest absolute Gasteiger partial charge is 0.383 e. The molecule has 34 heavy (non-hydrogen) atoms. The summed E-state index contributed by atoms with van der Waals surface area (Å²) in [5.74, 6) is -0.990. The van der Waals surface area contributed by atoms with Gasteiger partial charge in [0.1, 0.15) is 11.6 Å². The van der Waals surface area contributed by atoms with Gasteiger partial charge >= 0.3 is 0 Å². The molecule has 0 saturated carbocycles. The Morgan fingerprint density at radius 2 is 1.91 bits per heavy atom. The van der Waals surface area contributed by atoms with Crippen molar-refractivity contribution in [2.45, 2.75) is 10.9 Å². The van der Waals surface area contributed by atoms with Crippen molar-refractivity contribution in [1.29, 1.82) is 0 Å². The fourth-order valence-electron chi connectivity index (χ4n) is 3.37. The first-order valence-corrected chi connectivity index (χ1v) is 11.4. The predicted octanol–water partition coefficient (Wildman–Crippen LogP) is 4.33. The van der Waals surface area contributed by atoms with E-state index in [-0.39, 0.29) is 28.0 Å². The number of rotatable bonds is 8. The van der Waals surface area contributed by atoms with E-state index in [1.165, 1.54) is 54.1 Å². The van der Waals surface area contributed by atoms with E-state index in [0.29, 0.717) is 35.5 Å². The average Bonchev–Trinajstić information content (AvgIpc) is 2.83. The first kappa shape index (κ1) is 23.6. The first-order valence-electron chi connectivity index (χ1n) is 10.4. The maximum absolute atomic E-state index is 14.2. The lowest BCUT2D eigenvalue weighted by Gasteiger charge is -2.14. The summed E-state index contributed by atoms with van der Waals surface area (Å²) in [6.07, 6.45) is 0. The number of hydrogen-bond donors (Lipinski definition) is 1. The van der Waals surface area contributed by atoms with Crippen LogP contribution in [-0.4, -0.2) is 35.7 Å². The molecule has 0 bridgehead atoms. The van der Waals surface area contributed by atoms with Crippen molar-refractivity contribution in [1.82, 2.24) is 14.9 Å². The second-order valence-corrected chi connectivity index (χ2v) is 8.32. The molecule has 4 rings (SSSR count). The molecule has 3 aromatic carbocycles. The van der Waals surface area contributed by atoms with Crippen LogP contribution >= 0.6 is 11.8 Å². The number of aromatic nitrogens is 2. The minimum atomic E-state index is -0.502. The predicted molar refractivity (Wildman–Crippen MR) is 127 cm³/mol. The van der Waals surface area contributed by atoms with Crippen molar-refractivity contribution in [3.63, 3.8) is 0 Å². The standard InChI is InChI=1S/C25H21F2N3O3S/c1-33-12-11-28-23(31)16-9-10-20-22(13-16)29-25(34-15-17-5-2-3-8-21(17)27)30(24(20)32)19-7-4-6-18(26)14-19/h2-10,13-14H,11-12,15H2,1H3,(H,28,31). The van der Waals surface area contributed by atoms with Crippen LogP contribution in [0.2, 0.25) is 0 Å². The number of benzene rings is 3. The Kier molecular flexibility index (Phi) is 7.34. The smallest absolute Gasteiger partial charge is 0.266 e. The van der Waals surface area contributed by atoms with Crippen molar-refractivity contribution in [3.05, 3.63) is 99.8 Å². The van der Waals surface area contributed by atoms with Gasteiger partial charge in [0.15, 0.2) is 5.16 Å². The van der Waals surface area contributed by atoms with Crippen LogP contribution in [0.1, 0.15) is 15.9 Å². The van der Waals surface area contributed by atoms with Crippen LogP contribution in [-0.2, 0) is 10.5 Å². The molecule has 4 aromatic rings. The van der Waals surface area contributed by atoms with Crippen molar-refractivity contribution < 1.29 is 18.3 Å². The fourth-order valence-corrected chi connectivity index (χ4v) is 4.37. The molecule has 1 N–H and O–H groups in total. The number of methoxy groups -OCH3 is 1. The van der Waals surface area contributed by atoms with E-state index in [1.807, 2.05) is 0 Å². The highest BCUT2D eigenvalue weighted by Crippen LogP contribution is 2.26. The highest BCUT2D eigenvalue weighted by Gasteiger charge is 2.16. The molecule has 0 atom stereocenters. The Morgan fingerprint density at radius 1 is 1.09 bits per heavy atom. The van der Waals surface area contributed by atoms with E-state index >= 15 is 0 Å². The lowest BCUT2D eigenvalue weighted by atomic mass is 10.1. The average molecular weight is 482 g/mol. The Balaban J connectivity index is 1.79. The number of hydrogen-bond acceptors (Lipinski definition) is 5. The molecule has 0 radical (unpaired) electrons. The van der Waals surface area contributed by atoms with Gasteiger partial charge in [-0.1, -0.05) is 36.0 Å². The molecule has 174 valence electrons. The van der Waals surface area contributed by atoms with Gasteiger partial charge in [-0.05, 0) is 48.0 Å². The third-order valence-corrected chi connectivity index (χ3v) is 6.06. The molecule has 0 aliphatic carbocycles. The number of nitrogens with zero attached hydrogens (tertiary/aromatic N) is 2. The van der Waals surface area contributed by atoms with Gasteiger partial charge in [-0.15, -0.1) is 0 Å². The summed E-state index contributed by atoms with van der Waals surface area (Å²) in [5, 5.41) is 3.25. The molecular formula is C25H21F2N3O3S. The second-order valence-electron chi connectivity index (χ2n) is 7.38. The van der Waals surface area contributed by atoms with Crippen molar-refractivity contribution in [2.24, 2.45) is 0 Å². The van der Waals surface area contributed by atoms with Crippen LogP contribution in [0.3, 0.4) is 0 Å². The number of nitrogens with one attached hydrogen (secondary N) is 1. The summed E-state index contributed by atoms with van der Waals surface area (Å²) in [5.41, 5.74) is 0.978. The number of halogens is 2. The Hall–Kier alpha value is -3.56. The first-order chi connectivity index (χ1) is 16.5. The van der Waals surface area contributed by atoms with Crippen molar-refractivity contribution in [3.8, 4) is 5.69 Å². The zero-order valence-corrected chi connectivity index (χ0v) is 19.1. The van der Waals surface area contributed by atoms with Crippen LogP contribution in [0.15, 0.2) is 76.7 Å². The molecule has 0 aliphatic heterocycles. The maximum Gasteiger partial charge on any atom is 0.266 e. The monoisotopic (exact) mass is 481 g/mol. The number of thioether (sulfide) groups is 1. The van der Waals surface area contributed by atoms with E-state index in [0.717, 1.165) is 11.8 Å². The topological polar surface area (TPSA) is 73.2 Å². The molecule has 1 amide bonds. The molecule has 1 aromatic heterocycles. The number of carbonyl (C=O) groups excluding carboxylic acids is 1. The fraction of sp³-hybridized carbons (Fsp3) is 0.160. The summed E-state index contributed by atoms with van der Waals surface area (Å²) in [7, 11) is 1.54. The van der Waals surface area contributed by atoms with Crippen LogP contribution < -0.4 is 10.9 Å². The summed E-state index contributed by atoms with van der Waals surface area (Å²) in [6.45, 7) is 0.707. The molecule has 0 aliphatic rings. The Bertz CT molecular complexity index is 1410. The maximum atomic E-state index is 14.2. The van der Waals surface area contributed by atoms with E-state index in [4.69, 9.17) is 4.74 Å². The summed E-state index contributed by atoms with van der Waals surface area (Å²) in [6, 6.07) is 16.5. The lowest BCUT2D eigenvalue weighted by Crippen LogP contribution is -2.27. The van der Waals surface area contributed by atoms with Gasteiger partial charge in [0.2, 0.25) is 0 Å². The molecule has 6 nitrogen and oxygen atoms in total. The molecule has 0 unspecified atom stereocenters. The normalized spacial score (nSPS) is 11.0. The zero-order chi connectivity index (χ0) is 24.1. The molecule has 0 fully saturated rings. The third kappa shape index (κ3) is 5.16. The van der Waals surface area contributed by atoms with Gasteiger partial charge in [-0.25, -0.2) is 13.8 Å². The van der Waals surface area contributed by atoms with Crippen molar-refractivity contribution in [2.75, 3.05) is 20.3 Å². The van der Waals surface area contributed by atoms with Gasteiger partial charge in [0, 0.05) is 25.0 Å². The molecule has 0 saturated heterocycles. The van der Waals surface area contributed by atoms with Gasteiger partial charge in [0.25, 0.3) is 11.5 Å². The van der Waals surface area contributed by atoms with Crippen LogP contribution in [0.4, 0.5) is 8.78 Å². The molecule has 0 spiro atoms. The highest BCUT2D eigenvalue weighted by molar-refractivity contribution is 7.98. The van der Waals surface area contributed by atoms with Gasteiger partial charge in [-0.2, -0.15) is 0 Å². The number of ether oxygens (including phenoxy) is 1. The van der Waals surface area contributed by atoms with Gasteiger partial charge < -0.3 is 10.1 Å². The number of amides is 1. The van der Waals surface area contributed by atoms with E-state index < -0.39 is 11.4 Å². The summed E-state index contributed by atoms with van der Waals surface area (Å²) in [4.78, 5) is 30.5.